The summed E-state index contributed by atoms with van der Waals surface area (Å²) in [5, 5.41) is 0. The first-order valence-electron chi connectivity index (χ1n) is 7.03. The number of hydrogen-bond acceptors (Lipinski definition) is 2. The maximum absolute atomic E-state index is 5.67. The molecule has 0 spiro atoms. The van der Waals surface area contributed by atoms with Crippen LogP contribution in [0.4, 0.5) is 0 Å². The Morgan fingerprint density at radius 3 is 2.53 bits per heavy atom. The van der Waals surface area contributed by atoms with Crippen LogP contribution in [0.2, 0.25) is 0 Å². The van der Waals surface area contributed by atoms with E-state index in [9.17, 15) is 0 Å². The van der Waals surface area contributed by atoms with Gasteiger partial charge in [0.25, 0.3) is 0 Å². The molecule has 1 heterocycles. The number of nitrogens with two attached hydrogens (primary N) is 1. The van der Waals surface area contributed by atoms with Gasteiger partial charge in [0.2, 0.25) is 5.96 Å². The fourth-order valence-electron chi connectivity index (χ4n) is 3.04. The Balaban J connectivity index is 2.05. The van der Waals surface area contributed by atoms with Gasteiger partial charge in [0, 0.05) is 12.6 Å². The lowest BCUT2D eigenvalue weighted by molar-refractivity contribution is 0.185. The van der Waals surface area contributed by atoms with Crippen molar-refractivity contribution < 1.29 is 0 Å². The summed E-state index contributed by atoms with van der Waals surface area (Å²) in [5.41, 5.74) is 2.83. The van der Waals surface area contributed by atoms with Crippen molar-refractivity contribution >= 4 is 5.96 Å². The van der Waals surface area contributed by atoms with E-state index in [2.05, 4.69) is 24.2 Å². The van der Waals surface area contributed by atoms with Gasteiger partial charge in [-0.25, -0.2) is 10.8 Å². The molecule has 17 heavy (non-hydrogen) atoms. The Morgan fingerprint density at radius 2 is 1.88 bits per heavy atom. The molecule has 2 unspecified atom stereocenters. The first-order valence-corrected chi connectivity index (χ1v) is 7.03. The van der Waals surface area contributed by atoms with E-state index in [1.807, 2.05) is 0 Å². The molecule has 2 fully saturated rings. The number of hydrazine groups is 1. The predicted octanol–water partition coefficient (Wildman–Crippen LogP) is 1.87. The third-order valence-corrected chi connectivity index (χ3v) is 4.40. The summed E-state index contributed by atoms with van der Waals surface area (Å²) in [6.07, 6.45) is 7.65. The zero-order chi connectivity index (χ0) is 12.3. The molecule has 4 heteroatoms. The Kier molecular flexibility index (Phi) is 4.26. The van der Waals surface area contributed by atoms with E-state index in [1.165, 1.54) is 38.5 Å². The molecular formula is C13H26N4. The topological polar surface area (TPSA) is 53.6 Å². The van der Waals surface area contributed by atoms with Crippen LogP contribution >= 0.6 is 0 Å². The van der Waals surface area contributed by atoms with Crippen LogP contribution in [-0.4, -0.2) is 29.5 Å². The molecule has 0 aromatic carbocycles. The van der Waals surface area contributed by atoms with E-state index >= 15 is 0 Å². The molecule has 1 aliphatic carbocycles. The Hall–Kier alpha value is -0.770. The first-order chi connectivity index (χ1) is 8.22. The Morgan fingerprint density at radius 1 is 1.18 bits per heavy atom. The number of guanidine groups is 1. The summed E-state index contributed by atoms with van der Waals surface area (Å²) in [7, 11) is 0. The summed E-state index contributed by atoms with van der Waals surface area (Å²) >= 11 is 0. The molecule has 2 rings (SSSR count). The molecule has 0 radical (unpaired) electrons. The number of hydrogen-bond donors (Lipinski definition) is 2. The monoisotopic (exact) mass is 238 g/mol. The number of aliphatic imine (C=N–C) groups is 1. The van der Waals surface area contributed by atoms with Crippen LogP contribution in [0.15, 0.2) is 4.99 Å². The second kappa shape index (κ2) is 5.71. The molecule has 1 saturated carbocycles. The van der Waals surface area contributed by atoms with E-state index < -0.39 is 0 Å². The van der Waals surface area contributed by atoms with Gasteiger partial charge in [-0.15, -0.1) is 0 Å². The third kappa shape index (κ3) is 2.92. The summed E-state index contributed by atoms with van der Waals surface area (Å²) in [6, 6.07) is 1.03. The van der Waals surface area contributed by atoms with Crippen molar-refractivity contribution in [3.63, 3.8) is 0 Å². The minimum absolute atomic E-state index is 0.491. The second-order valence-corrected chi connectivity index (χ2v) is 5.59. The first kappa shape index (κ1) is 12.7. The fraction of sp³-hybridized carbons (Fsp3) is 0.923. The van der Waals surface area contributed by atoms with Crippen LogP contribution in [-0.2, 0) is 0 Å². The van der Waals surface area contributed by atoms with E-state index in [0.717, 1.165) is 18.4 Å². The van der Waals surface area contributed by atoms with Gasteiger partial charge in [-0.05, 0) is 38.5 Å². The van der Waals surface area contributed by atoms with E-state index in [4.69, 9.17) is 10.8 Å². The van der Waals surface area contributed by atoms with Gasteiger partial charge >= 0.3 is 0 Å². The molecule has 0 aromatic heterocycles. The molecule has 4 nitrogen and oxygen atoms in total. The zero-order valence-electron chi connectivity index (χ0n) is 11.2. The second-order valence-electron chi connectivity index (χ2n) is 5.59. The van der Waals surface area contributed by atoms with Gasteiger partial charge < -0.3 is 4.90 Å². The van der Waals surface area contributed by atoms with Gasteiger partial charge in [-0.1, -0.05) is 19.8 Å². The van der Waals surface area contributed by atoms with Crippen LogP contribution in [0, 0.1) is 5.92 Å². The standard InChI is InChI=1S/C13H26N4/c1-10-6-5-9-17(11(10)2)13(16-14)15-12-7-3-4-8-12/h10-12H,3-9,14H2,1-2H3,(H,15,16). The van der Waals surface area contributed by atoms with Gasteiger partial charge in [-0.3, -0.25) is 5.43 Å². The van der Waals surface area contributed by atoms with Crippen LogP contribution in [0.3, 0.4) is 0 Å². The number of nitrogens with one attached hydrogen (secondary N) is 1. The summed E-state index contributed by atoms with van der Waals surface area (Å²) < 4.78 is 0. The average molecular weight is 238 g/mol. The quantitative estimate of drug-likeness (QED) is 0.317. The molecular weight excluding hydrogens is 212 g/mol. The van der Waals surface area contributed by atoms with Gasteiger partial charge in [0.05, 0.1) is 6.04 Å². The van der Waals surface area contributed by atoms with Gasteiger partial charge in [-0.2, -0.15) is 0 Å². The molecule has 2 aliphatic rings. The fourth-order valence-corrected chi connectivity index (χ4v) is 3.04. The molecule has 0 bridgehead atoms. The zero-order valence-corrected chi connectivity index (χ0v) is 11.2. The summed E-state index contributed by atoms with van der Waals surface area (Å²) in [4.78, 5) is 7.16. The summed E-state index contributed by atoms with van der Waals surface area (Å²) in [5.74, 6) is 7.31. The van der Waals surface area contributed by atoms with Crippen LogP contribution in [0.25, 0.3) is 0 Å². The van der Waals surface area contributed by atoms with E-state index in [1.54, 1.807) is 0 Å². The van der Waals surface area contributed by atoms with Crippen LogP contribution in [0.1, 0.15) is 52.4 Å². The van der Waals surface area contributed by atoms with Crippen molar-refractivity contribution in [3.05, 3.63) is 0 Å². The molecule has 98 valence electrons. The third-order valence-electron chi connectivity index (χ3n) is 4.40. The molecule has 0 aromatic rings. The smallest absolute Gasteiger partial charge is 0.208 e. The highest BCUT2D eigenvalue weighted by molar-refractivity contribution is 5.80. The molecule has 3 N–H and O–H groups in total. The number of nitrogens with zero attached hydrogens (tertiary/aromatic N) is 2. The van der Waals surface area contributed by atoms with E-state index in [0.29, 0.717) is 12.1 Å². The maximum atomic E-state index is 5.67. The minimum Gasteiger partial charge on any atom is -0.339 e. The van der Waals surface area contributed by atoms with Crippen LogP contribution in [0.5, 0.6) is 0 Å². The van der Waals surface area contributed by atoms with Crippen molar-refractivity contribution in [1.82, 2.24) is 10.3 Å². The lowest BCUT2D eigenvalue weighted by Crippen LogP contribution is -2.53. The highest BCUT2D eigenvalue weighted by atomic mass is 15.4. The van der Waals surface area contributed by atoms with Gasteiger partial charge in [0.15, 0.2) is 0 Å². The number of rotatable bonds is 1. The van der Waals surface area contributed by atoms with Crippen molar-refractivity contribution in [3.8, 4) is 0 Å². The maximum Gasteiger partial charge on any atom is 0.208 e. The number of likely N-dealkylation sites (tertiary alicyclic amines) is 1. The molecule has 1 saturated heterocycles. The SMILES string of the molecule is CC1CCCN(C(=NC2CCCC2)NN)C1C. The number of piperidine rings is 1. The lowest BCUT2D eigenvalue weighted by Gasteiger charge is -2.39. The van der Waals surface area contributed by atoms with Crippen molar-refractivity contribution in [2.45, 2.75) is 64.5 Å². The highest BCUT2D eigenvalue weighted by Crippen LogP contribution is 2.25. The van der Waals surface area contributed by atoms with E-state index in [-0.39, 0.29) is 0 Å². The Labute approximate surface area is 105 Å². The van der Waals surface area contributed by atoms with Crippen molar-refractivity contribution in [1.29, 1.82) is 0 Å². The normalized spacial score (nSPS) is 31.9. The largest absolute Gasteiger partial charge is 0.339 e. The average Bonchev–Trinajstić information content (AvgIpc) is 2.83. The molecule has 1 aliphatic heterocycles. The highest BCUT2D eigenvalue weighted by Gasteiger charge is 2.27. The summed E-state index contributed by atoms with van der Waals surface area (Å²) in [6.45, 7) is 5.69. The molecule has 2 atom stereocenters. The van der Waals surface area contributed by atoms with Crippen molar-refractivity contribution in [2.24, 2.45) is 16.8 Å². The lowest BCUT2D eigenvalue weighted by atomic mass is 9.92. The predicted molar refractivity (Wildman–Crippen MR) is 71.6 cm³/mol. The van der Waals surface area contributed by atoms with Crippen molar-refractivity contribution in [2.75, 3.05) is 6.54 Å². The van der Waals surface area contributed by atoms with Gasteiger partial charge in [0.1, 0.15) is 0 Å². The Bertz CT molecular complexity index is 271. The minimum atomic E-state index is 0.491. The molecule has 0 amide bonds. The van der Waals surface area contributed by atoms with Crippen LogP contribution < -0.4 is 11.3 Å².